The molecule has 30 heavy (non-hydrogen) atoms. The Balaban J connectivity index is 0.000000131. The largest absolute Gasteiger partial charge is 0.0876 e. The summed E-state index contributed by atoms with van der Waals surface area (Å²) in [4.78, 5) is 0. The van der Waals surface area contributed by atoms with Crippen molar-refractivity contribution < 1.29 is 0 Å². The van der Waals surface area contributed by atoms with Gasteiger partial charge >= 0.3 is 0 Å². The lowest BCUT2D eigenvalue weighted by Crippen LogP contribution is -2.53. The Labute approximate surface area is 231 Å². The van der Waals surface area contributed by atoms with Crippen LogP contribution in [0.2, 0.25) is 0 Å². The Hall–Kier alpha value is 1.32. The van der Waals surface area contributed by atoms with Crippen LogP contribution in [-0.4, -0.2) is 8.65 Å². The molecule has 4 fully saturated rings. The predicted molar refractivity (Wildman–Crippen MR) is 152 cm³/mol. The molecule has 0 aromatic heterocycles. The van der Waals surface area contributed by atoms with E-state index in [0.717, 1.165) is 31.4 Å². The van der Waals surface area contributed by atoms with Crippen LogP contribution in [0.4, 0.5) is 0 Å². The molecule has 0 heterocycles. The average molecular weight is 794 g/mol. The fraction of sp³-hybridized carbons (Fsp3) is 0.500. The molecule has 4 aliphatic rings. The zero-order valence-corrected chi connectivity index (χ0v) is 26.2. The van der Waals surface area contributed by atoms with Gasteiger partial charge in [-0.15, -0.1) is 0 Å². The zero-order valence-electron chi connectivity index (χ0n) is 16.7. The molecular weight excluding hydrogens is 768 g/mol. The quantitative estimate of drug-likeness (QED) is 0.266. The van der Waals surface area contributed by atoms with E-state index in [-0.39, 0.29) is 0 Å². The number of rotatable bonds is 2. The molecule has 0 spiro atoms. The van der Waals surface area contributed by atoms with Crippen LogP contribution in [-0.2, 0) is 10.7 Å². The molecule has 0 atom stereocenters. The molecule has 2 aromatic rings. The van der Waals surface area contributed by atoms with Crippen molar-refractivity contribution in [3.8, 4) is 0 Å². The molecule has 164 valence electrons. The summed E-state index contributed by atoms with van der Waals surface area (Å²) >= 11 is 21.4. The van der Waals surface area contributed by atoms with E-state index >= 15 is 0 Å². The van der Waals surface area contributed by atoms with Crippen molar-refractivity contribution in [3.05, 3.63) is 68.6 Å². The Morgan fingerprint density at radius 2 is 1.10 bits per heavy atom. The summed E-state index contributed by atoms with van der Waals surface area (Å²) in [6, 6.07) is 16.5. The van der Waals surface area contributed by atoms with E-state index in [1.807, 2.05) is 24.3 Å². The second-order valence-corrected chi connectivity index (χ2v) is 15.1. The Kier molecular flexibility index (Phi) is 10.1. The molecule has 4 saturated carbocycles. The minimum Gasteiger partial charge on any atom is -0.0876 e. The molecule has 0 unspecified atom stereocenters. The van der Waals surface area contributed by atoms with Crippen molar-refractivity contribution >= 4 is 95.6 Å². The summed E-state index contributed by atoms with van der Waals surface area (Å²) in [5.74, 6) is 2.04. The van der Waals surface area contributed by atoms with E-state index in [0.29, 0.717) is 8.65 Å². The fourth-order valence-electron chi connectivity index (χ4n) is 5.22. The normalized spacial score (nSPS) is 30.7. The second-order valence-electron chi connectivity index (χ2n) is 8.79. The lowest BCUT2D eigenvalue weighted by atomic mass is 9.56. The maximum Gasteiger partial charge on any atom is 0.0283 e. The van der Waals surface area contributed by atoms with E-state index in [4.69, 9.17) is 0 Å². The molecular formula is C24H26Br6. The van der Waals surface area contributed by atoms with Crippen LogP contribution >= 0.6 is 95.6 Å². The van der Waals surface area contributed by atoms with Crippen LogP contribution < -0.4 is 0 Å². The van der Waals surface area contributed by atoms with Gasteiger partial charge in [0.2, 0.25) is 0 Å². The highest BCUT2D eigenvalue weighted by Crippen LogP contribution is 2.63. The predicted octanol–water partition coefficient (Wildman–Crippen LogP) is 10.6. The van der Waals surface area contributed by atoms with Gasteiger partial charge in [0.15, 0.2) is 0 Å². The highest BCUT2D eigenvalue weighted by Gasteiger charge is 2.55. The molecule has 2 aromatic carbocycles. The molecule has 6 rings (SSSR count). The van der Waals surface area contributed by atoms with Gasteiger partial charge in [-0.25, -0.2) is 0 Å². The summed E-state index contributed by atoms with van der Waals surface area (Å²) in [6.45, 7) is 0. The molecule has 4 bridgehead atoms. The van der Waals surface area contributed by atoms with Gasteiger partial charge in [-0.1, -0.05) is 126 Å². The first-order valence-corrected chi connectivity index (χ1v) is 15.6. The maximum absolute atomic E-state index is 3.96. The topological polar surface area (TPSA) is 0 Å². The standard InChI is InChI=1S/C10H14Br2.C8H8Br2.C6H4Br2/c11-9-2-7-1-8(4-9)5-10(12,3-7)6-9;9-5-7-1-2-8(6-10)4-3-7;7-5-2-1-3-6(8)4-5/h7-8H,1-6H2;1-4H,5-6H2;1-4H. The Bertz CT molecular complexity index is 744. The monoisotopic (exact) mass is 788 g/mol. The number of halogens is 6. The summed E-state index contributed by atoms with van der Waals surface area (Å²) in [5, 5.41) is 1.88. The number of hydrogen-bond donors (Lipinski definition) is 0. The van der Waals surface area contributed by atoms with E-state index < -0.39 is 0 Å². The van der Waals surface area contributed by atoms with Gasteiger partial charge in [0, 0.05) is 28.3 Å². The second kappa shape index (κ2) is 11.6. The Morgan fingerprint density at radius 1 is 0.700 bits per heavy atom. The van der Waals surface area contributed by atoms with E-state index in [9.17, 15) is 0 Å². The van der Waals surface area contributed by atoms with Crippen molar-refractivity contribution in [1.29, 1.82) is 0 Å². The molecule has 0 N–H and O–H groups in total. The van der Waals surface area contributed by atoms with Crippen LogP contribution in [0.3, 0.4) is 0 Å². The Morgan fingerprint density at radius 3 is 1.37 bits per heavy atom. The van der Waals surface area contributed by atoms with Gasteiger partial charge in [0.25, 0.3) is 0 Å². The summed E-state index contributed by atoms with van der Waals surface area (Å²) < 4.78 is 3.26. The molecule has 4 aliphatic carbocycles. The van der Waals surface area contributed by atoms with Gasteiger partial charge in [0.1, 0.15) is 0 Å². The smallest absolute Gasteiger partial charge is 0.0283 e. The number of benzene rings is 2. The van der Waals surface area contributed by atoms with Crippen LogP contribution in [0.15, 0.2) is 57.5 Å². The molecule has 0 nitrogen and oxygen atoms in total. The first-order chi connectivity index (χ1) is 14.2. The number of alkyl halides is 4. The SMILES string of the molecule is BrC12CC3CC(C1)CC(Br)(C3)C2.BrCc1ccc(CBr)cc1.Brc1cccc(Br)c1. The zero-order chi connectivity index (χ0) is 21.8. The molecule has 0 saturated heterocycles. The van der Waals surface area contributed by atoms with Gasteiger partial charge in [0.05, 0.1) is 0 Å². The van der Waals surface area contributed by atoms with E-state index in [1.54, 1.807) is 0 Å². The summed E-state index contributed by atoms with van der Waals surface area (Å²) in [5.41, 5.74) is 2.65. The molecule has 6 heteroatoms. The third kappa shape index (κ3) is 7.68. The van der Waals surface area contributed by atoms with Gasteiger partial charge in [-0.2, -0.15) is 0 Å². The van der Waals surface area contributed by atoms with Crippen molar-refractivity contribution in [3.63, 3.8) is 0 Å². The average Bonchev–Trinajstić information content (AvgIpc) is 2.66. The lowest BCUT2D eigenvalue weighted by molar-refractivity contribution is 0.0638. The van der Waals surface area contributed by atoms with Crippen molar-refractivity contribution in [2.75, 3.05) is 0 Å². The maximum atomic E-state index is 3.96. The van der Waals surface area contributed by atoms with Gasteiger partial charge in [-0.3, -0.25) is 0 Å². The third-order valence-corrected chi connectivity index (χ3v) is 10.2. The van der Waals surface area contributed by atoms with Crippen LogP contribution in [0.1, 0.15) is 49.7 Å². The van der Waals surface area contributed by atoms with E-state index in [1.165, 1.54) is 49.7 Å². The van der Waals surface area contributed by atoms with Crippen LogP contribution in [0.5, 0.6) is 0 Å². The van der Waals surface area contributed by atoms with Gasteiger partial charge in [-0.05, 0) is 79.7 Å². The fourth-order valence-corrected chi connectivity index (χ4v) is 10.4. The minimum atomic E-state index is 0.528. The first kappa shape index (κ1) is 25.9. The van der Waals surface area contributed by atoms with Gasteiger partial charge < -0.3 is 0 Å². The first-order valence-electron chi connectivity index (χ1n) is 10.2. The summed E-state index contributed by atoms with van der Waals surface area (Å²) in [7, 11) is 0. The molecule has 0 radical (unpaired) electrons. The van der Waals surface area contributed by atoms with E-state index in [2.05, 4.69) is 120 Å². The minimum absolute atomic E-state index is 0.528. The molecule has 0 aliphatic heterocycles. The number of hydrogen-bond acceptors (Lipinski definition) is 0. The van der Waals surface area contributed by atoms with Crippen molar-refractivity contribution in [1.82, 2.24) is 0 Å². The third-order valence-electron chi connectivity index (χ3n) is 6.04. The summed E-state index contributed by atoms with van der Waals surface area (Å²) in [6.07, 6.45) is 8.65. The lowest BCUT2D eigenvalue weighted by Gasteiger charge is -2.58. The van der Waals surface area contributed by atoms with Crippen LogP contribution in [0, 0.1) is 11.8 Å². The van der Waals surface area contributed by atoms with Crippen molar-refractivity contribution in [2.45, 2.75) is 57.8 Å². The highest BCUT2D eigenvalue weighted by molar-refractivity contribution is 9.11. The highest BCUT2D eigenvalue weighted by atomic mass is 79.9. The van der Waals surface area contributed by atoms with Crippen LogP contribution in [0.25, 0.3) is 0 Å². The molecule has 0 amide bonds. The van der Waals surface area contributed by atoms with Crippen molar-refractivity contribution in [2.24, 2.45) is 11.8 Å².